The Morgan fingerprint density at radius 2 is 1.74 bits per heavy atom. The molecule has 3 nitrogen and oxygen atoms in total. The zero-order valence-electron chi connectivity index (χ0n) is 11.2. The molecule has 0 aliphatic carbocycles. The highest BCUT2D eigenvalue weighted by molar-refractivity contribution is 7.95. The molecule has 0 unspecified atom stereocenters. The quantitative estimate of drug-likeness (QED) is 0.738. The summed E-state index contributed by atoms with van der Waals surface area (Å²) in [6, 6.07) is 8.12. The number of sulfone groups is 1. The maximum atomic E-state index is 13.6. The molecule has 0 aromatic heterocycles. The summed E-state index contributed by atoms with van der Waals surface area (Å²) in [5.41, 5.74) is -0.634. The summed E-state index contributed by atoms with van der Waals surface area (Å²) >= 11 is 11.6. The second-order valence-electron chi connectivity index (χ2n) is 4.33. The van der Waals surface area contributed by atoms with Crippen molar-refractivity contribution in [3.8, 4) is 6.07 Å². The second kappa shape index (κ2) is 6.67. The molecule has 0 atom stereocenters. The average molecular weight is 374 g/mol. The van der Waals surface area contributed by atoms with Crippen LogP contribution in [0.4, 0.5) is 8.78 Å². The minimum absolute atomic E-state index is 0.0855. The van der Waals surface area contributed by atoms with Crippen LogP contribution in [-0.2, 0) is 9.84 Å². The van der Waals surface area contributed by atoms with Crippen LogP contribution in [0.25, 0.3) is 6.08 Å². The van der Waals surface area contributed by atoms with E-state index in [0.717, 1.165) is 24.3 Å². The Bertz CT molecular complexity index is 930. The molecule has 0 bridgehead atoms. The van der Waals surface area contributed by atoms with Crippen molar-refractivity contribution in [2.45, 2.75) is 4.90 Å². The van der Waals surface area contributed by atoms with Crippen molar-refractivity contribution < 1.29 is 17.2 Å². The van der Waals surface area contributed by atoms with Crippen LogP contribution >= 0.6 is 23.2 Å². The highest BCUT2D eigenvalue weighted by Crippen LogP contribution is 2.30. The monoisotopic (exact) mass is 373 g/mol. The SMILES string of the molecule is N#C/C(=C/c1c(F)cccc1F)S(=O)(=O)c1cc(Cl)ccc1Cl. The number of hydrogen-bond acceptors (Lipinski definition) is 3. The van der Waals surface area contributed by atoms with Crippen molar-refractivity contribution in [1.82, 2.24) is 0 Å². The van der Waals surface area contributed by atoms with E-state index >= 15 is 0 Å². The molecular weight excluding hydrogens is 367 g/mol. The Morgan fingerprint density at radius 3 is 2.30 bits per heavy atom. The summed E-state index contributed by atoms with van der Waals surface area (Å²) in [4.78, 5) is -1.28. The highest BCUT2D eigenvalue weighted by Gasteiger charge is 2.25. The zero-order valence-corrected chi connectivity index (χ0v) is 13.6. The van der Waals surface area contributed by atoms with Crippen LogP contribution in [0.5, 0.6) is 0 Å². The van der Waals surface area contributed by atoms with Gasteiger partial charge in [0.1, 0.15) is 22.6 Å². The van der Waals surface area contributed by atoms with E-state index in [2.05, 4.69) is 0 Å². The molecular formula is C15H7Cl2F2NO2S. The third-order valence-corrected chi connectivity index (χ3v) is 5.24. The van der Waals surface area contributed by atoms with Gasteiger partial charge >= 0.3 is 0 Å². The van der Waals surface area contributed by atoms with Crippen molar-refractivity contribution in [1.29, 1.82) is 5.26 Å². The van der Waals surface area contributed by atoms with Crippen LogP contribution in [0.15, 0.2) is 46.2 Å². The molecule has 0 saturated heterocycles. The third kappa shape index (κ3) is 3.53. The number of nitriles is 1. The largest absolute Gasteiger partial charge is 0.218 e. The van der Waals surface area contributed by atoms with Crippen LogP contribution in [-0.4, -0.2) is 8.42 Å². The normalized spacial score (nSPS) is 12.0. The molecule has 0 N–H and O–H groups in total. The maximum absolute atomic E-state index is 13.6. The number of benzene rings is 2. The van der Waals surface area contributed by atoms with Gasteiger partial charge in [-0.05, 0) is 36.4 Å². The van der Waals surface area contributed by atoms with Crippen LogP contribution in [0.3, 0.4) is 0 Å². The first-order valence-electron chi connectivity index (χ1n) is 6.03. The highest BCUT2D eigenvalue weighted by atomic mass is 35.5. The lowest BCUT2D eigenvalue weighted by molar-refractivity contribution is 0.578. The summed E-state index contributed by atoms with van der Waals surface area (Å²) in [6.07, 6.45) is 0.622. The number of halogens is 4. The number of nitrogens with zero attached hydrogens (tertiary/aromatic N) is 1. The summed E-state index contributed by atoms with van der Waals surface area (Å²) in [6.45, 7) is 0. The molecule has 2 aromatic carbocycles. The molecule has 0 spiro atoms. The molecule has 0 saturated carbocycles. The standard InChI is InChI=1S/C15H7Cl2F2NO2S/c16-9-4-5-12(17)15(6-9)23(21,22)10(8-20)7-11-13(18)2-1-3-14(11)19/h1-7H/b10-7-. The smallest absolute Gasteiger partial charge is 0.218 e. The Kier molecular flexibility index (Phi) is 5.05. The molecule has 0 heterocycles. The van der Waals surface area contributed by atoms with Gasteiger partial charge in [0, 0.05) is 10.6 Å². The molecule has 2 aromatic rings. The third-order valence-electron chi connectivity index (χ3n) is 2.86. The topological polar surface area (TPSA) is 57.9 Å². The summed E-state index contributed by atoms with van der Waals surface area (Å²) in [7, 11) is -4.39. The van der Waals surface area contributed by atoms with E-state index in [1.54, 1.807) is 0 Å². The fraction of sp³-hybridized carbons (Fsp3) is 0. The van der Waals surface area contributed by atoms with Gasteiger partial charge in [-0.1, -0.05) is 29.3 Å². The van der Waals surface area contributed by atoms with E-state index < -0.39 is 36.8 Å². The lowest BCUT2D eigenvalue weighted by Crippen LogP contribution is -2.05. The van der Waals surface area contributed by atoms with Crippen LogP contribution in [0, 0.1) is 23.0 Å². The fourth-order valence-electron chi connectivity index (χ4n) is 1.75. The van der Waals surface area contributed by atoms with Crippen molar-refractivity contribution in [3.05, 3.63) is 68.5 Å². The van der Waals surface area contributed by atoms with Crippen molar-refractivity contribution in [2.24, 2.45) is 0 Å². The van der Waals surface area contributed by atoms with Crippen LogP contribution < -0.4 is 0 Å². The first-order valence-corrected chi connectivity index (χ1v) is 8.27. The van der Waals surface area contributed by atoms with E-state index in [9.17, 15) is 17.2 Å². The zero-order chi connectivity index (χ0) is 17.2. The molecule has 23 heavy (non-hydrogen) atoms. The van der Waals surface area contributed by atoms with Gasteiger partial charge in [-0.15, -0.1) is 0 Å². The average Bonchev–Trinajstić information content (AvgIpc) is 2.49. The minimum atomic E-state index is -4.39. The van der Waals surface area contributed by atoms with Gasteiger partial charge in [-0.2, -0.15) is 5.26 Å². The summed E-state index contributed by atoms with van der Waals surface area (Å²) in [5, 5.41) is 9.03. The fourth-order valence-corrected chi connectivity index (χ4v) is 3.65. The van der Waals surface area contributed by atoms with Crippen molar-refractivity contribution in [2.75, 3.05) is 0 Å². The molecule has 0 aliphatic rings. The molecule has 0 aliphatic heterocycles. The van der Waals surface area contributed by atoms with Crippen LogP contribution in [0.2, 0.25) is 10.0 Å². The number of allylic oxidation sites excluding steroid dienone is 1. The van der Waals surface area contributed by atoms with Crippen molar-refractivity contribution in [3.63, 3.8) is 0 Å². The predicted octanol–water partition coefficient (Wildman–Crippen LogP) is 4.61. The number of rotatable bonds is 3. The summed E-state index contributed by atoms with van der Waals surface area (Å²) in [5.74, 6) is -1.99. The Labute approximate surface area is 141 Å². The Morgan fingerprint density at radius 1 is 1.13 bits per heavy atom. The first kappa shape index (κ1) is 17.4. The van der Waals surface area contributed by atoms with E-state index in [-0.39, 0.29) is 10.0 Å². The van der Waals surface area contributed by atoms with E-state index in [0.29, 0.717) is 6.08 Å². The molecule has 2 rings (SSSR count). The van der Waals surface area contributed by atoms with Crippen molar-refractivity contribution >= 4 is 39.1 Å². The van der Waals surface area contributed by atoms with Gasteiger partial charge in [-0.3, -0.25) is 0 Å². The molecule has 0 amide bonds. The second-order valence-corrected chi connectivity index (χ2v) is 7.06. The van der Waals surface area contributed by atoms with E-state index in [1.165, 1.54) is 18.2 Å². The summed E-state index contributed by atoms with van der Waals surface area (Å²) < 4.78 is 52.3. The van der Waals surface area contributed by atoms with Crippen LogP contribution in [0.1, 0.15) is 5.56 Å². The van der Waals surface area contributed by atoms with E-state index in [4.69, 9.17) is 28.5 Å². The van der Waals surface area contributed by atoms with Gasteiger partial charge in [-0.25, -0.2) is 17.2 Å². The predicted molar refractivity (Wildman–Crippen MR) is 83.6 cm³/mol. The van der Waals surface area contributed by atoms with Gasteiger partial charge in [0.15, 0.2) is 0 Å². The molecule has 8 heteroatoms. The number of hydrogen-bond donors (Lipinski definition) is 0. The van der Waals surface area contributed by atoms with Gasteiger partial charge in [0.05, 0.1) is 9.92 Å². The maximum Gasteiger partial charge on any atom is 0.218 e. The van der Waals surface area contributed by atoms with Gasteiger partial charge in [0.2, 0.25) is 9.84 Å². The molecule has 118 valence electrons. The van der Waals surface area contributed by atoms with Gasteiger partial charge in [0.25, 0.3) is 0 Å². The minimum Gasteiger partial charge on any atom is -0.218 e. The Hall–Kier alpha value is -1.94. The molecule has 0 fully saturated rings. The lowest BCUT2D eigenvalue weighted by Gasteiger charge is -2.06. The lowest BCUT2D eigenvalue weighted by atomic mass is 10.2. The molecule has 0 radical (unpaired) electrons. The first-order chi connectivity index (χ1) is 10.8. The van der Waals surface area contributed by atoms with Gasteiger partial charge < -0.3 is 0 Å². The Balaban J connectivity index is 2.68. The van der Waals surface area contributed by atoms with E-state index in [1.807, 2.05) is 0 Å².